The van der Waals surface area contributed by atoms with Crippen molar-refractivity contribution >= 4 is 27.4 Å². The summed E-state index contributed by atoms with van der Waals surface area (Å²) in [5.74, 6) is 0.858. The van der Waals surface area contributed by atoms with Gasteiger partial charge in [-0.3, -0.25) is 0 Å². The molecule has 0 N–H and O–H groups in total. The van der Waals surface area contributed by atoms with E-state index in [4.69, 9.17) is 5.26 Å². The van der Waals surface area contributed by atoms with Crippen LogP contribution in [0.3, 0.4) is 0 Å². The molecule has 0 aliphatic heterocycles. The minimum absolute atomic E-state index is 0.645. The predicted octanol–water partition coefficient (Wildman–Crippen LogP) is 3.62. The fraction of sp³-hybridized carbons (Fsp3) is 0.143. The summed E-state index contributed by atoms with van der Waals surface area (Å²) in [4.78, 5) is 6.33. The number of rotatable bonds is 3. The van der Waals surface area contributed by atoms with Crippen LogP contribution in [0.15, 0.2) is 42.6 Å². The van der Waals surface area contributed by atoms with Gasteiger partial charge in [0.15, 0.2) is 0 Å². The molecule has 0 amide bonds. The maximum absolute atomic E-state index is 9.13. The second kappa shape index (κ2) is 5.65. The van der Waals surface area contributed by atoms with Gasteiger partial charge in [-0.05, 0) is 18.2 Å². The molecule has 4 heteroatoms. The number of nitriles is 1. The summed E-state index contributed by atoms with van der Waals surface area (Å²) in [6, 6.07) is 13.6. The van der Waals surface area contributed by atoms with Crippen LogP contribution in [0, 0.1) is 11.3 Å². The Kier molecular flexibility index (Phi) is 3.96. The summed E-state index contributed by atoms with van der Waals surface area (Å²) in [6.07, 6.45) is 1.76. The zero-order valence-corrected chi connectivity index (χ0v) is 11.6. The van der Waals surface area contributed by atoms with Crippen LogP contribution in [-0.2, 0) is 5.33 Å². The van der Waals surface area contributed by atoms with E-state index < -0.39 is 0 Å². The molecule has 3 nitrogen and oxygen atoms in total. The topological polar surface area (TPSA) is 39.9 Å². The highest BCUT2D eigenvalue weighted by atomic mass is 79.9. The van der Waals surface area contributed by atoms with Gasteiger partial charge >= 0.3 is 0 Å². The molecule has 0 radical (unpaired) electrons. The van der Waals surface area contributed by atoms with Crippen LogP contribution < -0.4 is 4.90 Å². The maximum Gasteiger partial charge on any atom is 0.136 e. The number of hydrogen-bond donors (Lipinski definition) is 0. The number of para-hydroxylation sites is 1. The van der Waals surface area contributed by atoms with E-state index in [1.807, 2.05) is 48.3 Å². The van der Waals surface area contributed by atoms with Crippen molar-refractivity contribution in [1.82, 2.24) is 4.98 Å². The number of aromatic nitrogens is 1. The highest BCUT2D eigenvalue weighted by molar-refractivity contribution is 9.08. The van der Waals surface area contributed by atoms with E-state index in [9.17, 15) is 0 Å². The first-order valence-electron chi connectivity index (χ1n) is 5.50. The van der Waals surface area contributed by atoms with E-state index in [1.54, 1.807) is 6.20 Å². The van der Waals surface area contributed by atoms with Crippen molar-refractivity contribution in [3.8, 4) is 6.07 Å². The van der Waals surface area contributed by atoms with Crippen molar-refractivity contribution in [3.63, 3.8) is 0 Å². The van der Waals surface area contributed by atoms with Crippen LogP contribution in [0.25, 0.3) is 0 Å². The summed E-state index contributed by atoms with van der Waals surface area (Å²) in [5.41, 5.74) is 2.60. The maximum atomic E-state index is 9.13. The average molecular weight is 302 g/mol. The molecule has 0 atom stereocenters. The molecule has 1 heterocycles. The van der Waals surface area contributed by atoms with Gasteiger partial charge in [-0.1, -0.05) is 34.1 Å². The van der Waals surface area contributed by atoms with Gasteiger partial charge in [0, 0.05) is 24.1 Å². The van der Waals surface area contributed by atoms with Crippen molar-refractivity contribution in [2.45, 2.75) is 5.33 Å². The number of hydrogen-bond acceptors (Lipinski definition) is 3. The number of alkyl halides is 1. The number of pyridine rings is 1. The molecule has 0 unspecified atom stereocenters. The number of benzene rings is 1. The van der Waals surface area contributed by atoms with Gasteiger partial charge in [0.05, 0.1) is 11.3 Å². The van der Waals surface area contributed by atoms with Gasteiger partial charge in [0.2, 0.25) is 0 Å². The molecule has 1 aromatic heterocycles. The first kappa shape index (κ1) is 12.6. The fourth-order valence-electron chi connectivity index (χ4n) is 1.81. The molecule has 0 fully saturated rings. The zero-order valence-electron chi connectivity index (χ0n) is 9.97. The zero-order chi connectivity index (χ0) is 13.0. The number of nitrogens with zero attached hydrogens (tertiary/aromatic N) is 3. The van der Waals surface area contributed by atoms with Crippen molar-refractivity contribution in [3.05, 3.63) is 53.7 Å². The van der Waals surface area contributed by atoms with Gasteiger partial charge in [0.1, 0.15) is 11.9 Å². The van der Waals surface area contributed by atoms with Crippen molar-refractivity contribution in [1.29, 1.82) is 5.26 Å². The minimum Gasteiger partial charge on any atom is -0.328 e. The van der Waals surface area contributed by atoms with E-state index in [1.165, 1.54) is 0 Å². The third kappa shape index (κ3) is 2.36. The van der Waals surface area contributed by atoms with Gasteiger partial charge in [-0.2, -0.15) is 5.26 Å². The van der Waals surface area contributed by atoms with Crippen molar-refractivity contribution in [2.24, 2.45) is 0 Å². The molecular weight excluding hydrogens is 290 g/mol. The van der Waals surface area contributed by atoms with E-state index in [-0.39, 0.29) is 0 Å². The molecule has 0 aliphatic rings. The largest absolute Gasteiger partial charge is 0.328 e. The molecule has 2 aromatic rings. The lowest BCUT2D eigenvalue weighted by atomic mass is 10.1. The highest BCUT2D eigenvalue weighted by Gasteiger charge is 2.12. The Labute approximate surface area is 115 Å². The summed E-state index contributed by atoms with van der Waals surface area (Å²) >= 11 is 3.45. The third-order valence-electron chi connectivity index (χ3n) is 2.72. The van der Waals surface area contributed by atoms with E-state index in [2.05, 4.69) is 27.0 Å². The monoisotopic (exact) mass is 301 g/mol. The molecule has 0 saturated carbocycles. The van der Waals surface area contributed by atoms with E-state index in [0.717, 1.165) is 22.4 Å². The van der Waals surface area contributed by atoms with Crippen LogP contribution in [0.5, 0.6) is 0 Å². The Bertz CT molecular complexity index is 590. The van der Waals surface area contributed by atoms with Crippen LogP contribution in [-0.4, -0.2) is 12.0 Å². The quantitative estimate of drug-likeness (QED) is 0.813. The smallest absolute Gasteiger partial charge is 0.136 e. The van der Waals surface area contributed by atoms with Crippen LogP contribution in [0.2, 0.25) is 0 Å². The van der Waals surface area contributed by atoms with Crippen molar-refractivity contribution in [2.75, 3.05) is 11.9 Å². The van der Waals surface area contributed by atoms with Crippen molar-refractivity contribution < 1.29 is 0 Å². The molecule has 18 heavy (non-hydrogen) atoms. The highest BCUT2D eigenvalue weighted by Crippen LogP contribution is 2.28. The van der Waals surface area contributed by atoms with Gasteiger partial charge in [-0.15, -0.1) is 0 Å². The third-order valence-corrected chi connectivity index (χ3v) is 3.32. The standard InChI is InChI=1S/C14H12BrN3/c1-18(13-7-3-2-5-12(13)10-16)14-11(9-15)6-4-8-17-14/h2-8H,9H2,1H3. The summed E-state index contributed by atoms with van der Waals surface area (Å²) in [5, 5.41) is 9.87. The van der Waals surface area contributed by atoms with Crippen LogP contribution in [0.4, 0.5) is 11.5 Å². The van der Waals surface area contributed by atoms with E-state index >= 15 is 0 Å². The molecule has 0 spiro atoms. The predicted molar refractivity (Wildman–Crippen MR) is 76.1 cm³/mol. The van der Waals surface area contributed by atoms with E-state index in [0.29, 0.717) is 5.56 Å². The average Bonchev–Trinajstić information content (AvgIpc) is 2.46. The van der Waals surface area contributed by atoms with Gasteiger partial charge in [-0.25, -0.2) is 4.98 Å². The Morgan fingerprint density at radius 2 is 2.06 bits per heavy atom. The Hall–Kier alpha value is -1.86. The molecule has 1 aromatic carbocycles. The number of anilines is 2. The Balaban J connectivity index is 2.48. The number of halogens is 1. The first-order chi connectivity index (χ1) is 8.77. The lowest BCUT2D eigenvalue weighted by Crippen LogP contribution is -2.14. The fourth-order valence-corrected chi connectivity index (χ4v) is 2.25. The lowest BCUT2D eigenvalue weighted by molar-refractivity contribution is 1.09. The van der Waals surface area contributed by atoms with Crippen LogP contribution in [0.1, 0.15) is 11.1 Å². The van der Waals surface area contributed by atoms with Crippen LogP contribution >= 0.6 is 15.9 Å². The second-order valence-corrected chi connectivity index (χ2v) is 4.37. The summed E-state index contributed by atoms with van der Waals surface area (Å²) < 4.78 is 0. The minimum atomic E-state index is 0.645. The second-order valence-electron chi connectivity index (χ2n) is 3.81. The molecule has 2 rings (SSSR count). The SMILES string of the molecule is CN(c1ccccc1C#N)c1ncccc1CBr. The molecule has 90 valence electrons. The first-order valence-corrected chi connectivity index (χ1v) is 6.62. The lowest BCUT2D eigenvalue weighted by Gasteiger charge is -2.21. The Morgan fingerprint density at radius 1 is 1.28 bits per heavy atom. The van der Waals surface area contributed by atoms with Gasteiger partial charge in [0.25, 0.3) is 0 Å². The summed E-state index contributed by atoms with van der Waals surface area (Å²) in [7, 11) is 1.92. The molecule has 0 aliphatic carbocycles. The molecule has 0 saturated heterocycles. The summed E-state index contributed by atoms with van der Waals surface area (Å²) in [6.45, 7) is 0. The van der Waals surface area contributed by atoms with Gasteiger partial charge < -0.3 is 4.90 Å². The molecule has 0 bridgehead atoms. The Morgan fingerprint density at radius 3 is 2.78 bits per heavy atom. The molecular formula is C14H12BrN3. The normalized spacial score (nSPS) is 9.83.